The Hall–Kier alpha value is -1.43. The molecule has 20 heavy (non-hydrogen) atoms. The molecule has 0 amide bonds. The first-order valence-corrected chi connectivity index (χ1v) is 7.56. The molecule has 2 aliphatic rings. The third kappa shape index (κ3) is 2.57. The summed E-state index contributed by atoms with van der Waals surface area (Å²) in [7, 11) is 0. The van der Waals surface area contributed by atoms with Gasteiger partial charge in [-0.25, -0.2) is 9.67 Å². The fraction of sp³-hybridized carbons (Fsp3) is 0.786. The topological polar surface area (TPSA) is 71.2 Å². The van der Waals surface area contributed by atoms with Crippen molar-refractivity contribution >= 4 is 5.97 Å². The fourth-order valence-electron chi connectivity index (χ4n) is 3.21. The molecular weight excluding hydrogens is 256 g/mol. The highest BCUT2D eigenvalue weighted by molar-refractivity contribution is 5.70. The maximum absolute atomic E-state index is 11.1. The van der Waals surface area contributed by atoms with Gasteiger partial charge in [-0.05, 0) is 38.9 Å². The Morgan fingerprint density at radius 1 is 1.35 bits per heavy atom. The lowest BCUT2D eigenvalue weighted by Gasteiger charge is -2.29. The third-order valence-corrected chi connectivity index (χ3v) is 4.62. The molecule has 1 aromatic rings. The number of carboxylic acid groups (broad SMARTS) is 1. The molecule has 1 unspecified atom stereocenters. The molecule has 1 aromatic heterocycles. The maximum Gasteiger partial charge on any atom is 0.308 e. The van der Waals surface area contributed by atoms with Crippen molar-refractivity contribution in [3.05, 3.63) is 11.6 Å². The normalized spacial score (nSPS) is 24.6. The number of likely N-dealkylation sites (tertiary alicyclic amines) is 1. The Kier molecular flexibility index (Phi) is 3.74. The van der Waals surface area contributed by atoms with Crippen molar-refractivity contribution in [3.8, 4) is 0 Å². The highest BCUT2D eigenvalue weighted by Gasteiger charge is 2.29. The summed E-state index contributed by atoms with van der Waals surface area (Å²) in [5.41, 5.74) is 0. The summed E-state index contributed by atoms with van der Waals surface area (Å²) in [5, 5.41) is 13.7. The van der Waals surface area contributed by atoms with Crippen molar-refractivity contribution in [1.29, 1.82) is 0 Å². The van der Waals surface area contributed by atoms with Gasteiger partial charge in [0.2, 0.25) is 0 Å². The Morgan fingerprint density at radius 2 is 2.10 bits per heavy atom. The Labute approximate surface area is 118 Å². The van der Waals surface area contributed by atoms with Gasteiger partial charge < -0.3 is 10.0 Å². The number of nitrogens with zero attached hydrogens (tertiary/aromatic N) is 4. The van der Waals surface area contributed by atoms with Crippen LogP contribution in [-0.4, -0.2) is 50.4 Å². The number of carboxylic acids is 1. The van der Waals surface area contributed by atoms with Crippen LogP contribution in [0.2, 0.25) is 0 Å². The van der Waals surface area contributed by atoms with E-state index in [1.165, 1.54) is 0 Å². The van der Waals surface area contributed by atoms with Gasteiger partial charge in [0.15, 0.2) is 5.82 Å². The first-order chi connectivity index (χ1) is 9.67. The number of hydrogen-bond acceptors (Lipinski definition) is 4. The zero-order valence-corrected chi connectivity index (χ0v) is 12.0. The highest BCUT2D eigenvalue weighted by atomic mass is 16.4. The zero-order chi connectivity index (χ0) is 14.1. The van der Waals surface area contributed by atoms with E-state index in [1.807, 2.05) is 4.68 Å². The van der Waals surface area contributed by atoms with E-state index in [2.05, 4.69) is 21.9 Å². The smallest absolute Gasteiger partial charge is 0.308 e. The van der Waals surface area contributed by atoms with Crippen LogP contribution < -0.4 is 0 Å². The van der Waals surface area contributed by atoms with Crippen molar-refractivity contribution < 1.29 is 9.90 Å². The van der Waals surface area contributed by atoms with E-state index in [0.717, 1.165) is 50.5 Å². The second kappa shape index (κ2) is 5.52. The number of hydrogen-bond donors (Lipinski definition) is 1. The van der Waals surface area contributed by atoms with Gasteiger partial charge >= 0.3 is 5.97 Å². The summed E-state index contributed by atoms with van der Waals surface area (Å²) in [6.07, 6.45) is 3.64. The zero-order valence-electron chi connectivity index (χ0n) is 12.0. The Bertz CT molecular complexity index is 491. The molecule has 0 bridgehead atoms. The minimum Gasteiger partial charge on any atom is -0.481 e. The first-order valence-electron chi connectivity index (χ1n) is 7.56. The van der Waals surface area contributed by atoms with Gasteiger partial charge in [0.25, 0.3) is 0 Å². The van der Waals surface area contributed by atoms with Crippen LogP contribution in [0.15, 0.2) is 0 Å². The maximum atomic E-state index is 11.1. The molecule has 0 spiro atoms. The SMILES string of the molecule is CCN1CCC(c2nc3n(n2)CC(C(=O)O)CC3)CC1. The quantitative estimate of drug-likeness (QED) is 0.897. The number of carbonyl (C=O) groups is 1. The van der Waals surface area contributed by atoms with E-state index >= 15 is 0 Å². The molecule has 1 atom stereocenters. The molecule has 110 valence electrons. The van der Waals surface area contributed by atoms with E-state index in [-0.39, 0.29) is 5.92 Å². The fourth-order valence-corrected chi connectivity index (χ4v) is 3.21. The molecule has 1 fully saturated rings. The van der Waals surface area contributed by atoms with Crippen LogP contribution in [-0.2, 0) is 17.8 Å². The van der Waals surface area contributed by atoms with Gasteiger partial charge in [-0.1, -0.05) is 6.92 Å². The molecule has 0 saturated carbocycles. The van der Waals surface area contributed by atoms with Crippen molar-refractivity contribution in [1.82, 2.24) is 19.7 Å². The van der Waals surface area contributed by atoms with Crippen molar-refractivity contribution in [3.63, 3.8) is 0 Å². The van der Waals surface area contributed by atoms with Crippen molar-refractivity contribution in [2.24, 2.45) is 5.92 Å². The van der Waals surface area contributed by atoms with E-state index in [9.17, 15) is 4.79 Å². The molecule has 2 aliphatic heterocycles. The highest BCUT2D eigenvalue weighted by Crippen LogP contribution is 2.27. The molecule has 6 heteroatoms. The lowest BCUT2D eigenvalue weighted by Crippen LogP contribution is -2.33. The van der Waals surface area contributed by atoms with E-state index in [1.54, 1.807) is 0 Å². The van der Waals surface area contributed by atoms with E-state index in [4.69, 9.17) is 5.11 Å². The van der Waals surface area contributed by atoms with Crippen LogP contribution >= 0.6 is 0 Å². The average molecular weight is 278 g/mol. The van der Waals surface area contributed by atoms with Crippen molar-refractivity contribution in [2.75, 3.05) is 19.6 Å². The van der Waals surface area contributed by atoms with E-state index < -0.39 is 5.97 Å². The summed E-state index contributed by atoms with van der Waals surface area (Å²) in [5.74, 6) is 1.32. The van der Waals surface area contributed by atoms with Crippen LogP contribution in [0.1, 0.15) is 43.8 Å². The number of aryl methyl sites for hydroxylation is 1. The molecule has 6 nitrogen and oxygen atoms in total. The number of piperidine rings is 1. The van der Waals surface area contributed by atoms with Gasteiger partial charge in [-0.15, -0.1) is 0 Å². The molecule has 0 aliphatic carbocycles. The van der Waals surface area contributed by atoms with Gasteiger partial charge in [0.1, 0.15) is 5.82 Å². The molecule has 0 aromatic carbocycles. The third-order valence-electron chi connectivity index (χ3n) is 4.62. The minimum atomic E-state index is -0.719. The predicted octanol–water partition coefficient (Wildman–Crippen LogP) is 1.12. The van der Waals surface area contributed by atoms with Crippen LogP contribution in [0.25, 0.3) is 0 Å². The standard InChI is InChI=1S/C14H22N4O2/c1-2-17-7-5-10(6-8-17)13-15-12-4-3-11(14(19)20)9-18(12)16-13/h10-11H,2-9H2,1H3,(H,19,20). The summed E-state index contributed by atoms with van der Waals surface area (Å²) >= 11 is 0. The van der Waals surface area contributed by atoms with E-state index in [0.29, 0.717) is 18.9 Å². The molecule has 3 rings (SSSR count). The summed E-state index contributed by atoms with van der Waals surface area (Å²) < 4.78 is 1.82. The lowest BCUT2D eigenvalue weighted by molar-refractivity contribution is -0.142. The monoisotopic (exact) mass is 278 g/mol. The van der Waals surface area contributed by atoms with Gasteiger partial charge in [0.05, 0.1) is 12.5 Å². The summed E-state index contributed by atoms with van der Waals surface area (Å²) in [4.78, 5) is 18.2. The largest absolute Gasteiger partial charge is 0.481 e. The first kappa shape index (κ1) is 13.5. The lowest BCUT2D eigenvalue weighted by atomic mass is 9.96. The second-order valence-electron chi connectivity index (χ2n) is 5.85. The summed E-state index contributed by atoms with van der Waals surface area (Å²) in [6, 6.07) is 0. The number of aromatic nitrogens is 3. The predicted molar refractivity (Wildman–Crippen MR) is 73.6 cm³/mol. The van der Waals surface area contributed by atoms with Gasteiger partial charge in [-0.2, -0.15) is 5.10 Å². The molecule has 1 N–H and O–H groups in total. The van der Waals surface area contributed by atoms with Crippen LogP contribution in [0.5, 0.6) is 0 Å². The van der Waals surface area contributed by atoms with Gasteiger partial charge in [0, 0.05) is 12.3 Å². The number of rotatable bonds is 3. The molecule has 3 heterocycles. The summed E-state index contributed by atoms with van der Waals surface area (Å²) in [6.45, 7) is 6.01. The van der Waals surface area contributed by atoms with Gasteiger partial charge in [-0.3, -0.25) is 4.79 Å². The van der Waals surface area contributed by atoms with Crippen molar-refractivity contribution in [2.45, 2.75) is 45.1 Å². The Morgan fingerprint density at radius 3 is 2.75 bits per heavy atom. The number of fused-ring (bicyclic) bond motifs is 1. The average Bonchev–Trinajstić information content (AvgIpc) is 2.90. The Balaban J connectivity index is 1.70. The number of aliphatic carboxylic acids is 1. The van der Waals surface area contributed by atoms with Crippen LogP contribution in [0, 0.1) is 5.92 Å². The minimum absolute atomic E-state index is 0.306. The molecule has 0 radical (unpaired) electrons. The van der Waals surface area contributed by atoms with Crippen LogP contribution in [0.3, 0.4) is 0 Å². The molecule has 1 saturated heterocycles. The second-order valence-corrected chi connectivity index (χ2v) is 5.85. The molecular formula is C14H22N4O2. The van der Waals surface area contributed by atoms with Crippen LogP contribution in [0.4, 0.5) is 0 Å².